The molecule has 0 saturated carbocycles. The van der Waals surface area contributed by atoms with Gasteiger partial charge in [0.2, 0.25) is 11.7 Å². The second kappa shape index (κ2) is 11.0. The molecule has 0 aliphatic carbocycles. The molecule has 3 aromatic heterocycles. The second-order valence-corrected chi connectivity index (χ2v) is 11.0. The number of amides is 2. The maximum absolute atomic E-state index is 13.3. The Labute approximate surface area is 236 Å². The number of aryl methyl sites for hydroxylation is 2. The second-order valence-electron chi connectivity index (χ2n) is 11.0. The molecule has 1 aliphatic heterocycles. The van der Waals surface area contributed by atoms with Crippen molar-refractivity contribution in [3.05, 3.63) is 65.4 Å². The summed E-state index contributed by atoms with van der Waals surface area (Å²) in [5, 5.41) is 7.07. The number of pyridine rings is 1. The fraction of sp³-hybridized carbons (Fsp3) is 0.379. The van der Waals surface area contributed by atoms with Crippen molar-refractivity contribution in [2.24, 2.45) is 0 Å². The number of fused-ring (bicyclic) bond motifs is 1. The highest BCUT2D eigenvalue weighted by atomic mass is 16.6. The van der Waals surface area contributed by atoms with Crippen molar-refractivity contribution in [2.45, 2.75) is 52.1 Å². The summed E-state index contributed by atoms with van der Waals surface area (Å²) in [5.74, 6) is 0.162. The molecule has 12 nitrogen and oxygen atoms in total. The highest BCUT2D eigenvalue weighted by Crippen LogP contribution is 2.29. The summed E-state index contributed by atoms with van der Waals surface area (Å²) in [6.07, 6.45) is 3.64. The summed E-state index contributed by atoms with van der Waals surface area (Å²) in [7, 11) is 1.34. The van der Waals surface area contributed by atoms with Gasteiger partial charge in [0.25, 0.3) is 5.91 Å². The Balaban J connectivity index is 1.28. The van der Waals surface area contributed by atoms with Crippen LogP contribution in [-0.2, 0) is 20.7 Å². The van der Waals surface area contributed by atoms with Gasteiger partial charge in [0.1, 0.15) is 16.9 Å². The van der Waals surface area contributed by atoms with Crippen molar-refractivity contribution in [3.8, 4) is 11.4 Å². The molecular formula is C29H32N6O6. The molecule has 0 bridgehead atoms. The number of benzene rings is 1. The molecule has 0 atom stereocenters. The van der Waals surface area contributed by atoms with E-state index in [4.69, 9.17) is 14.0 Å². The molecule has 4 heterocycles. The lowest BCUT2D eigenvalue weighted by molar-refractivity contribution is -0.154. The number of esters is 1. The van der Waals surface area contributed by atoms with Crippen LogP contribution >= 0.6 is 0 Å². The van der Waals surface area contributed by atoms with E-state index in [0.29, 0.717) is 53.8 Å². The monoisotopic (exact) mass is 560 g/mol. The average molecular weight is 561 g/mol. The van der Waals surface area contributed by atoms with Gasteiger partial charge in [-0.25, -0.2) is 9.78 Å². The van der Waals surface area contributed by atoms with Gasteiger partial charge in [-0.15, -0.1) is 0 Å². The number of imidazole rings is 1. The number of ether oxygens (including phenoxy) is 2. The summed E-state index contributed by atoms with van der Waals surface area (Å²) < 4.78 is 17.3. The van der Waals surface area contributed by atoms with Crippen LogP contribution in [0.3, 0.4) is 0 Å². The lowest BCUT2D eigenvalue weighted by Crippen LogP contribution is -2.48. The van der Waals surface area contributed by atoms with Crippen molar-refractivity contribution in [2.75, 3.05) is 25.5 Å². The molecule has 5 rings (SSSR count). The molecule has 0 radical (unpaired) electrons. The van der Waals surface area contributed by atoms with Crippen LogP contribution in [0.25, 0.3) is 17.0 Å². The van der Waals surface area contributed by atoms with E-state index in [1.54, 1.807) is 15.4 Å². The molecule has 1 fully saturated rings. The Kier molecular flexibility index (Phi) is 7.48. The number of nitrogens with zero attached hydrogens (tertiary/aromatic N) is 5. The SMILES string of the molecule is COC(=O)N1CC(c2nc(-c3ccc(C)c(NC(=O)c4cnc5ccc(CCC(=O)OC(C)(C)C)cn45)c3)no2)C1. The Morgan fingerprint density at radius 3 is 2.66 bits per heavy atom. The molecule has 4 aromatic rings. The molecule has 214 valence electrons. The first-order chi connectivity index (χ1) is 19.5. The molecule has 0 unspecified atom stereocenters. The number of anilines is 1. The fourth-order valence-electron chi connectivity index (χ4n) is 4.49. The van der Waals surface area contributed by atoms with E-state index in [1.807, 2.05) is 58.2 Å². The zero-order valence-electron chi connectivity index (χ0n) is 23.6. The van der Waals surface area contributed by atoms with Crippen LogP contribution in [0.1, 0.15) is 60.6 Å². The molecule has 1 N–H and O–H groups in total. The molecule has 1 saturated heterocycles. The summed E-state index contributed by atoms with van der Waals surface area (Å²) in [6, 6.07) is 9.21. The molecule has 12 heteroatoms. The third-order valence-corrected chi connectivity index (χ3v) is 6.69. The number of aromatic nitrogens is 4. The van der Waals surface area contributed by atoms with Gasteiger partial charge >= 0.3 is 12.1 Å². The van der Waals surface area contributed by atoms with Crippen molar-refractivity contribution in [1.29, 1.82) is 0 Å². The lowest BCUT2D eigenvalue weighted by atomic mass is 10.0. The standard InChI is InChI=1S/C29H32N6O6/c1-17-6-9-19(25-32-27(41-33-25)20-15-34(16-20)28(38)39-5)12-21(17)31-26(37)22-13-30-23-10-7-18(14-35(22)23)8-11-24(36)40-29(2,3)4/h6-7,9-10,12-14,20H,8,11,15-16H2,1-5H3,(H,31,37). The van der Waals surface area contributed by atoms with E-state index in [-0.39, 0.29) is 30.3 Å². The maximum atomic E-state index is 13.3. The number of carbonyl (C=O) groups is 3. The van der Waals surface area contributed by atoms with Gasteiger partial charge in [0, 0.05) is 37.0 Å². The molecule has 1 aliphatic rings. The normalized spacial score (nSPS) is 13.6. The number of likely N-dealkylation sites (tertiary alicyclic amines) is 1. The number of hydrogen-bond donors (Lipinski definition) is 1. The average Bonchev–Trinajstić information content (AvgIpc) is 3.54. The summed E-state index contributed by atoms with van der Waals surface area (Å²) >= 11 is 0. The number of methoxy groups -OCH3 is 1. The van der Waals surface area contributed by atoms with Gasteiger partial charge < -0.3 is 24.2 Å². The number of nitrogens with one attached hydrogen (secondary N) is 1. The minimum absolute atomic E-state index is 0.0517. The van der Waals surface area contributed by atoms with Crippen molar-refractivity contribution in [3.63, 3.8) is 0 Å². The zero-order valence-corrected chi connectivity index (χ0v) is 23.6. The van der Waals surface area contributed by atoms with E-state index in [9.17, 15) is 14.4 Å². The molecule has 0 spiro atoms. The van der Waals surface area contributed by atoms with Gasteiger partial charge in [-0.05, 0) is 57.4 Å². The molecule has 41 heavy (non-hydrogen) atoms. The van der Waals surface area contributed by atoms with Crippen molar-refractivity contribution >= 4 is 29.3 Å². The molecule has 1 aromatic carbocycles. The van der Waals surface area contributed by atoms with Gasteiger partial charge in [-0.3, -0.25) is 14.0 Å². The Hall–Kier alpha value is -4.74. The Bertz CT molecular complexity index is 1610. The van der Waals surface area contributed by atoms with E-state index < -0.39 is 5.60 Å². The predicted molar refractivity (Wildman–Crippen MR) is 149 cm³/mol. The van der Waals surface area contributed by atoms with Crippen LogP contribution in [0, 0.1) is 6.92 Å². The van der Waals surface area contributed by atoms with Crippen LogP contribution in [0.4, 0.5) is 10.5 Å². The summed E-state index contributed by atoms with van der Waals surface area (Å²) in [4.78, 5) is 47.5. The van der Waals surface area contributed by atoms with Crippen LogP contribution in [-0.4, -0.2) is 68.2 Å². The quantitative estimate of drug-likeness (QED) is 0.326. The predicted octanol–water partition coefficient (Wildman–Crippen LogP) is 4.38. The van der Waals surface area contributed by atoms with E-state index in [1.165, 1.54) is 13.3 Å². The first-order valence-corrected chi connectivity index (χ1v) is 13.3. The maximum Gasteiger partial charge on any atom is 0.409 e. The smallest absolute Gasteiger partial charge is 0.409 e. The molecule has 2 amide bonds. The van der Waals surface area contributed by atoms with Crippen LogP contribution in [0.15, 0.2) is 47.2 Å². The lowest BCUT2D eigenvalue weighted by Gasteiger charge is -2.35. The van der Waals surface area contributed by atoms with E-state index in [0.717, 1.165) is 11.1 Å². The van der Waals surface area contributed by atoms with E-state index in [2.05, 4.69) is 20.4 Å². The number of hydrogen-bond acceptors (Lipinski definition) is 9. The summed E-state index contributed by atoms with van der Waals surface area (Å²) in [6.45, 7) is 8.29. The third-order valence-electron chi connectivity index (χ3n) is 6.69. The van der Waals surface area contributed by atoms with Crippen LogP contribution < -0.4 is 5.32 Å². The number of carbonyl (C=O) groups excluding carboxylic acids is 3. The minimum atomic E-state index is -0.539. The van der Waals surface area contributed by atoms with Crippen LogP contribution in [0.5, 0.6) is 0 Å². The highest BCUT2D eigenvalue weighted by molar-refractivity contribution is 6.04. The largest absolute Gasteiger partial charge is 0.460 e. The van der Waals surface area contributed by atoms with Gasteiger partial charge in [0.15, 0.2) is 0 Å². The minimum Gasteiger partial charge on any atom is -0.460 e. The molecular weight excluding hydrogens is 528 g/mol. The van der Waals surface area contributed by atoms with Crippen molar-refractivity contribution < 1.29 is 28.4 Å². The van der Waals surface area contributed by atoms with Gasteiger partial charge in [0.05, 0.1) is 19.2 Å². The van der Waals surface area contributed by atoms with Gasteiger partial charge in [-0.1, -0.05) is 23.4 Å². The topological polar surface area (TPSA) is 141 Å². The third kappa shape index (κ3) is 6.21. The first-order valence-electron chi connectivity index (χ1n) is 13.3. The van der Waals surface area contributed by atoms with Crippen LogP contribution in [0.2, 0.25) is 0 Å². The highest BCUT2D eigenvalue weighted by Gasteiger charge is 2.36. The van der Waals surface area contributed by atoms with Gasteiger partial charge in [-0.2, -0.15) is 4.98 Å². The fourth-order valence-corrected chi connectivity index (χ4v) is 4.49. The summed E-state index contributed by atoms with van der Waals surface area (Å²) in [5.41, 5.74) is 3.42. The Morgan fingerprint density at radius 1 is 1.15 bits per heavy atom. The first kappa shape index (κ1) is 27.8. The van der Waals surface area contributed by atoms with E-state index >= 15 is 0 Å². The Morgan fingerprint density at radius 2 is 1.93 bits per heavy atom. The van der Waals surface area contributed by atoms with Crippen molar-refractivity contribution in [1.82, 2.24) is 24.4 Å². The zero-order chi connectivity index (χ0) is 29.3. The number of rotatable bonds is 7.